The molecular weight excluding hydrogens is 371 g/mol. The third-order valence-electron chi connectivity index (χ3n) is 6.00. The Balaban J connectivity index is 1.71. The highest BCUT2D eigenvalue weighted by Crippen LogP contribution is 2.41. The number of carbonyl (C=O) groups is 2. The fourth-order valence-electron chi connectivity index (χ4n) is 4.47. The van der Waals surface area contributed by atoms with Gasteiger partial charge in [-0.05, 0) is 55.2 Å². The van der Waals surface area contributed by atoms with Crippen LogP contribution in [0.15, 0.2) is 48.5 Å². The summed E-state index contributed by atoms with van der Waals surface area (Å²) in [4.78, 5) is 26.3. The Kier molecular flexibility index (Phi) is 4.65. The van der Waals surface area contributed by atoms with E-state index in [4.69, 9.17) is 0 Å². The van der Waals surface area contributed by atoms with Crippen molar-refractivity contribution in [3.05, 3.63) is 65.6 Å². The highest BCUT2D eigenvalue weighted by Gasteiger charge is 2.41. The minimum atomic E-state index is -0.881. The van der Waals surface area contributed by atoms with E-state index in [1.165, 1.54) is 12.1 Å². The number of rotatable bonds is 4. The molecule has 0 bridgehead atoms. The molecule has 0 spiro atoms. The van der Waals surface area contributed by atoms with Gasteiger partial charge in [-0.15, -0.1) is 0 Å². The lowest BCUT2D eigenvalue weighted by Gasteiger charge is -2.36. The zero-order chi connectivity index (χ0) is 20.8. The highest BCUT2D eigenvalue weighted by atomic mass is 19.1. The Labute approximate surface area is 168 Å². The van der Waals surface area contributed by atoms with Crippen LogP contribution in [0.25, 0.3) is 10.9 Å². The lowest BCUT2D eigenvalue weighted by atomic mass is 9.73. The largest absolute Gasteiger partial charge is 0.480 e. The molecule has 1 N–H and O–H groups in total. The number of hydrogen-bond donors (Lipinski definition) is 1. The molecule has 6 heteroatoms. The van der Waals surface area contributed by atoms with E-state index in [2.05, 4.69) is 0 Å². The monoisotopic (exact) mass is 394 g/mol. The van der Waals surface area contributed by atoms with Crippen molar-refractivity contribution in [1.29, 1.82) is 0 Å². The second kappa shape index (κ2) is 7.03. The van der Waals surface area contributed by atoms with Crippen LogP contribution >= 0.6 is 0 Å². The van der Waals surface area contributed by atoms with Gasteiger partial charge in [0.1, 0.15) is 12.4 Å². The Bertz CT molecular complexity index is 1100. The molecule has 4 rings (SSSR count). The first-order valence-corrected chi connectivity index (χ1v) is 9.65. The number of carboxylic acid groups (broad SMARTS) is 1. The number of aliphatic carboxylic acids is 1. The molecule has 0 saturated heterocycles. The van der Waals surface area contributed by atoms with Crippen molar-refractivity contribution < 1.29 is 19.1 Å². The normalized spacial score (nSPS) is 18.4. The van der Waals surface area contributed by atoms with Gasteiger partial charge >= 0.3 is 5.97 Å². The summed E-state index contributed by atoms with van der Waals surface area (Å²) in [5.41, 5.74) is 2.98. The third-order valence-corrected chi connectivity index (χ3v) is 6.00. The van der Waals surface area contributed by atoms with Gasteiger partial charge in [-0.2, -0.15) is 0 Å². The summed E-state index contributed by atoms with van der Waals surface area (Å²) in [7, 11) is 1.71. The van der Waals surface area contributed by atoms with Crippen LogP contribution in [0.5, 0.6) is 0 Å². The number of amides is 1. The lowest BCUT2D eigenvalue weighted by molar-refractivity contribution is -0.137. The number of aromatic nitrogens is 1. The fraction of sp³-hybridized carbons (Fsp3) is 0.304. The molecule has 1 heterocycles. The van der Waals surface area contributed by atoms with Crippen LogP contribution in [0.3, 0.4) is 0 Å². The fourth-order valence-corrected chi connectivity index (χ4v) is 4.47. The van der Waals surface area contributed by atoms with Crippen LogP contribution in [0.2, 0.25) is 0 Å². The van der Waals surface area contributed by atoms with Crippen molar-refractivity contribution in [3.63, 3.8) is 0 Å². The average Bonchev–Trinajstić information content (AvgIpc) is 3.00. The number of fused-ring (bicyclic) bond motifs is 3. The number of carbonyl (C=O) groups excluding carboxylic acids is 1. The highest BCUT2D eigenvalue weighted by molar-refractivity contribution is 5.98. The van der Waals surface area contributed by atoms with E-state index in [-0.39, 0.29) is 18.3 Å². The van der Waals surface area contributed by atoms with E-state index in [1.54, 1.807) is 24.1 Å². The third kappa shape index (κ3) is 3.28. The van der Waals surface area contributed by atoms with Crippen molar-refractivity contribution in [3.8, 4) is 0 Å². The van der Waals surface area contributed by atoms with Gasteiger partial charge in [0.25, 0.3) is 0 Å². The van der Waals surface area contributed by atoms with Crippen LogP contribution < -0.4 is 4.90 Å². The molecule has 0 fully saturated rings. The number of anilines is 1. The summed E-state index contributed by atoms with van der Waals surface area (Å²) in [5.74, 6) is -1.24. The average molecular weight is 394 g/mol. The van der Waals surface area contributed by atoms with Gasteiger partial charge in [0.15, 0.2) is 0 Å². The minimum Gasteiger partial charge on any atom is -0.480 e. The quantitative estimate of drug-likeness (QED) is 0.727. The molecule has 2 aromatic carbocycles. The standard InChI is InChI=1S/C23H23FN2O3/c1-23(22(29)25(2)16-9-7-15(24)8-10-16)12-11-20-18(13-23)17-5-3-4-6-19(17)26(20)14-21(27)28/h3-10H,11-14H2,1-2H3,(H,27,28). The van der Waals surface area contributed by atoms with E-state index in [9.17, 15) is 19.1 Å². The zero-order valence-corrected chi connectivity index (χ0v) is 16.5. The van der Waals surface area contributed by atoms with Crippen molar-refractivity contribution in [2.75, 3.05) is 11.9 Å². The SMILES string of the molecule is CN(C(=O)C1(C)CCc2c(c3ccccc3n2CC(=O)O)C1)c1ccc(F)cc1. The Morgan fingerprint density at radius 1 is 1.17 bits per heavy atom. The molecule has 3 aromatic rings. The van der Waals surface area contributed by atoms with Crippen LogP contribution in [0.4, 0.5) is 10.1 Å². The molecule has 0 aliphatic heterocycles. The van der Waals surface area contributed by atoms with E-state index in [0.717, 1.165) is 22.2 Å². The van der Waals surface area contributed by atoms with Crippen LogP contribution in [-0.2, 0) is 29.0 Å². The van der Waals surface area contributed by atoms with Crippen LogP contribution in [-0.4, -0.2) is 28.6 Å². The van der Waals surface area contributed by atoms with Gasteiger partial charge in [-0.25, -0.2) is 4.39 Å². The minimum absolute atomic E-state index is 0.0233. The molecule has 1 aliphatic carbocycles. The summed E-state index contributed by atoms with van der Waals surface area (Å²) < 4.78 is 15.1. The second-order valence-electron chi connectivity index (χ2n) is 8.00. The van der Waals surface area contributed by atoms with E-state index in [0.29, 0.717) is 24.9 Å². The van der Waals surface area contributed by atoms with E-state index < -0.39 is 11.4 Å². The van der Waals surface area contributed by atoms with Gasteiger partial charge in [0.2, 0.25) is 5.91 Å². The van der Waals surface area contributed by atoms with E-state index >= 15 is 0 Å². The number of halogens is 1. The summed E-state index contributed by atoms with van der Waals surface area (Å²) >= 11 is 0. The van der Waals surface area contributed by atoms with Crippen molar-refractivity contribution in [2.45, 2.75) is 32.7 Å². The first kappa shape index (κ1) is 19.2. The summed E-state index contributed by atoms with van der Waals surface area (Å²) in [6, 6.07) is 13.7. The molecule has 150 valence electrons. The van der Waals surface area contributed by atoms with Gasteiger partial charge < -0.3 is 14.6 Å². The smallest absolute Gasteiger partial charge is 0.323 e. The first-order valence-electron chi connectivity index (χ1n) is 9.65. The van der Waals surface area contributed by atoms with E-state index in [1.807, 2.05) is 35.8 Å². The number of hydrogen-bond acceptors (Lipinski definition) is 2. The van der Waals surface area contributed by atoms with Gasteiger partial charge in [-0.1, -0.05) is 25.1 Å². The summed E-state index contributed by atoms with van der Waals surface area (Å²) in [6.07, 6.45) is 1.80. The zero-order valence-electron chi connectivity index (χ0n) is 16.5. The number of benzene rings is 2. The molecule has 29 heavy (non-hydrogen) atoms. The maximum absolute atomic E-state index is 13.4. The molecule has 5 nitrogen and oxygen atoms in total. The number of carboxylic acids is 1. The van der Waals surface area contributed by atoms with Gasteiger partial charge in [-0.3, -0.25) is 9.59 Å². The topological polar surface area (TPSA) is 62.5 Å². The van der Waals surface area contributed by atoms with Crippen LogP contribution in [0.1, 0.15) is 24.6 Å². The number of nitrogens with zero attached hydrogens (tertiary/aromatic N) is 2. The Morgan fingerprint density at radius 3 is 2.55 bits per heavy atom. The Morgan fingerprint density at radius 2 is 1.86 bits per heavy atom. The first-order chi connectivity index (χ1) is 13.8. The predicted octanol–water partition coefficient (Wildman–Crippen LogP) is 4.02. The Hall–Kier alpha value is -3.15. The number of para-hydroxylation sites is 1. The summed E-state index contributed by atoms with van der Waals surface area (Å²) in [6.45, 7) is 1.87. The molecule has 1 unspecified atom stereocenters. The van der Waals surface area contributed by atoms with Gasteiger partial charge in [0, 0.05) is 29.3 Å². The molecule has 1 atom stereocenters. The predicted molar refractivity (Wildman–Crippen MR) is 110 cm³/mol. The molecule has 1 aliphatic rings. The molecule has 1 aromatic heterocycles. The molecule has 1 amide bonds. The maximum atomic E-state index is 13.4. The molecule has 0 saturated carbocycles. The van der Waals surface area contributed by atoms with Crippen molar-refractivity contribution >= 4 is 28.5 Å². The summed E-state index contributed by atoms with van der Waals surface area (Å²) in [5, 5.41) is 10.4. The van der Waals surface area contributed by atoms with Crippen molar-refractivity contribution in [2.24, 2.45) is 5.41 Å². The van der Waals surface area contributed by atoms with Crippen LogP contribution in [0, 0.1) is 11.2 Å². The molecular formula is C23H23FN2O3. The lowest BCUT2D eigenvalue weighted by Crippen LogP contribution is -2.44. The maximum Gasteiger partial charge on any atom is 0.323 e. The van der Waals surface area contributed by atoms with Crippen molar-refractivity contribution in [1.82, 2.24) is 4.57 Å². The van der Waals surface area contributed by atoms with Gasteiger partial charge in [0.05, 0.1) is 5.41 Å². The second-order valence-corrected chi connectivity index (χ2v) is 8.00. The molecule has 0 radical (unpaired) electrons.